The molecular weight excluding hydrogens is 232 g/mol. The third kappa shape index (κ3) is 2.44. The third-order valence-electron chi connectivity index (χ3n) is 4.91. The van der Waals surface area contributed by atoms with Crippen molar-refractivity contribution in [3.8, 4) is 0 Å². The average molecular weight is 258 g/mol. The summed E-state index contributed by atoms with van der Waals surface area (Å²) in [6, 6.07) is 11.0. The van der Waals surface area contributed by atoms with E-state index in [1.165, 1.54) is 24.8 Å². The largest absolute Gasteiger partial charge is 0.309 e. The van der Waals surface area contributed by atoms with Gasteiger partial charge < -0.3 is 5.32 Å². The SMILES string of the molecule is CCNC1c2ccccc2C(C)CC1N(C)C1CC1. The molecule has 2 nitrogen and oxygen atoms in total. The minimum atomic E-state index is 0.503. The van der Waals surface area contributed by atoms with Gasteiger partial charge in [0.1, 0.15) is 0 Å². The van der Waals surface area contributed by atoms with Gasteiger partial charge in [0.05, 0.1) is 0 Å². The molecule has 1 N–H and O–H groups in total. The van der Waals surface area contributed by atoms with Crippen LogP contribution in [-0.2, 0) is 0 Å². The molecule has 1 aromatic rings. The first-order valence-electron chi connectivity index (χ1n) is 7.76. The Kier molecular flexibility index (Phi) is 3.64. The number of nitrogens with one attached hydrogen (secondary N) is 1. The van der Waals surface area contributed by atoms with Gasteiger partial charge in [-0.05, 0) is 49.9 Å². The van der Waals surface area contributed by atoms with Crippen LogP contribution in [0, 0.1) is 0 Å². The Morgan fingerprint density at radius 1 is 1.21 bits per heavy atom. The van der Waals surface area contributed by atoms with Crippen LogP contribution in [0.2, 0.25) is 0 Å². The van der Waals surface area contributed by atoms with Crippen LogP contribution in [0.25, 0.3) is 0 Å². The van der Waals surface area contributed by atoms with Crippen molar-refractivity contribution >= 4 is 0 Å². The number of fused-ring (bicyclic) bond motifs is 1. The van der Waals surface area contributed by atoms with Crippen LogP contribution in [0.4, 0.5) is 0 Å². The monoisotopic (exact) mass is 258 g/mol. The fraction of sp³-hybridized carbons (Fsp3) is 0.647. The van der Waals surface area contributed by atoms with Crippen molar-refractivity contribution < 1.29 is 0 Å². The van der Waals surface area contributed by atoms with Crippen molar-refractivity contribution in [2.24, 2.45) is 0 Å². The second-order valence-corrected chi connectivity index (χ2v) is 6.27. The lowest BCUT2D eigenvalue weighted by Crippen LogP contribution is -2.47. The fourth-order valence-electron chi connectivity index (χ4n) is 3.70. The highest BCUT2D eigenvalue weighted by molar-refractivity contribution is 5.37. The summed E-state index contributed by atoms with van der Waals surface area (Å²) in [4.78, 5) is 2.64. The van der Waals surface area contributed by atoms with Gasteiger partial charge in [-0.2, -0.15) is 0 Å². The first kappa shape index (κ1) is 13.1. The summed E-state index contributed by atoms with van der Waals surface area (Å²) in [5.74, 6) is 0.678. The highest BCUT2D eigenvalue weighted by atomic mass is 15.2. The van der Waals surface area contributed by atoms with Crippen molar-refractivity contribution in [2.75, 3.05) is 13.6 Å². The zero-order valence-electron chi connectivity index (χ0n) is 12.4. The maximum atomic E-state index is 3.73. The van der Waals surface area contributed by atoms with E-state index in [9.17, 15) is 0 Å². The van der Waals surface area contributed by atoms with E-state index in [0.717, 1.165) is 12.6 Å². The number of hydrogen-bond acceptors (Lipinski definition) is 2. The molecule has 0 heterocycles. The van der Waals surface area contributed by atoms with E-state index >= 15 is 0 Å². The lowest BCUT2D eigenvalue weighted by molar-refractivity contribution is 0.157. The van der Waals surface area contributed by atoms with Gasteiger partial charge in [-0.1, -0.05) is 38.1 Å². The second-order valence-electron chi connectivity index (χ2n) is 6.27. The van der Waals surface area contributed by atoms with Gasteiger partial charge in [-0.15, -0.1) is 0 Å². The average Bonchev–Trinajstić information content (AvgIpc) is 3.26. The maximum Gasteiger partial charge on any atom is 0.0481 e. The summed E-state index contributed by atoms with van der Waals surface area (Å²) in [6.07, 6.45) is 4.06. The van der Waals surface area contributed by atoms with Crippen LogP contribution >= 0.6 is 0 Å². The Morgan fingerprint density at radius 2 is 1.89 bits per heavy atom. The quantitative estimate of drug-likeness (QED) is 0.891. The van der Waals surface area contributed by atoms with Gasteiger partial charge in [0.15, 0.2) is 0 Å². The lowest BCUT2D eigenvalue weighted by Gasteiger charge is -2.42. The van der Waals surface area contributed by atoms with E-state index in [4.69, 9.17) is 0 Å². The molecule has 1 saturated carbocycles. The Bertz CT molecular complexity index is 439. The van der Waals surface area contributed by atoms with Crippen molar-refractivity contribution in [3.05, 3.63) is 35.4 Å². The molecule has 3 atom stereocenters. The minimum absolute atomic E-state index is 0.503. The molecule has 0 amide bonds. The number of nitrogens with zero attached hydrogens (tertiary/aromatic N) is 1. The first-order valence-corrected chi connectivity index (χ1v) is 7.76. The fourth-order valence-corrected chi connectivity index (χ4v) is 3.70. The minimum Gasteiger partial charge on any atom is -0.309 e. The zero-order valence-corrected chi connectivity index (χ0v) is 12.4. The smallest absolute Gasteiger partial charge is 0.0481 e. The topological polar surface area (TPSA) is 15.3 Å². The van der Waals surface area contributed by atoms with Crippen molar-refractivity contribution in [3.63, 3.8) is 0 Å². The molecule has 2 aliphatic carbocycles. The molecule has 0 bridgehead atoms. The molecule has 3 rings (SSSR count). The Balaban J connectivity index is 1.93. The van der Waals surface area contributed by atoms with Crippen LogP contribution < -0.4 is 5.32 Å². The molecule has 0 radical (unpaired) electrons. The third-order valence-corrected chi connectivity index (χ3v) is 4.91. The number of hydrogen-bond donors (Lipinski definition) is 1. The summed E-state index contributed by atoms with van der Waals surface area (Å²) < 4.78 is 0. The highest BCUT2D eigenvalue weighted by Crippen LogP contribution is 2.42. The van der Waals surface area contributed by atoms with E-state index in [1.807, 2.05) is 0 Å². The standard InChI is InChI=1S/C17H26N2/c1-4-18-17-15-8-6-5-7-14(15)12(2)11-16(17)19(3)13-9-10-13/h5-8,12-13,16-18H,4,9-11H2,1-3H3. The van der Waals surface area contributed by atoms with Gasteiger partial charge in [-0.3, -0.25) is 4.90 Å². The van der Waals surface area contributed by atoms with Crippen LogP contribution in [0.5, 0.6) is 0 Å². The van der Waals surface area contributed by atoms with Gasteiger partial charge in [-0.25, -0.2) is 0 Å². The molecule has 2 heteroatoms. The number of benzene rings is 1. The van der Waals surface area contributed by atoms with Gasteiger partial charge in [0.2, 0.25) is 0 Å². The van der Waals surface area contributed by atoms with Crippen LogP contribution in [0.15, 0.2) is 24.3 Å². The lowest BCUT2D eigenvalue weighted by atomic mass is 9.77. The molecule has 0 spiro atoms. The van der Waals surface area contributed by atoms with E-state index in [2.05, 4.69) is 55.4 Å². The molecule has 104 valence electrons. The maximum absolute atomic E-state index is 3.73. The predicted molar refractivity (Wildman–Crippen MR) is 80.5 cm³/mol. The zero-order chi connectivity index (χ0) is 13.4. The molecule has 0 aromatic heterocycles. The van der Waals surface area contributed by atoms with Gasteiger partial charge in [0, 0.05) is 18.1 Å². The molecule has 2 aliphatic rings. The normalized spacial score (nSPS) is 30.4. The Morgan fingerprint density at radius 3 is 2.53 bits per heavy atom. The van der Waals surface area contributed by atoms with E-state index in [-0.39, 0.29) is 0 Å². The summed E-state index contributed by atoms with van der Waals surface area (Å²) >= 11 is 0. The van der Waals surface area contributed by atoms with Crippen molar-refractivity contribution in [1.29, 1.82) is 0 Å². The van der Waals surface area contributed by atoms with E-state index < -0.39 is 0 Å². The molecule has 3 unspecified atom stereocenters. The van der Waals surface area contributed by atoms with Gasteiger partial charge in [0.25, 0.3) is 0 Å². The summed E-state index contributed by atoms with van der Waals surface area (Å²) in [5.41, 5.74) is 3.08. The number of likely N-dealkylation sites (N-methyl/N-ethyl adjacent to an activating group) is 2. The van der Waals surface area contributed by atoms with Crippen molar-refractivity contribution in [2.45, 2.75) is 57.2 Å². The highest BCUT2D eigenvalue weighted by Gasteiger charge is 2.39. The first-order chi connectivity index (χ1) is 9.22. The summed E-state index contributed by atoms with van der Waals surface area (Å²) in [7, 11) is 2.33. The Labute approximate surface area is 117 Å². The summed E-state index contributed by atoms with van der Waals surface area (Å²) in [5, 5.41) is 3.73. The second kappa shape index (κ2) is 5.26. The molecule has 1 aromatic carbocycles. The number of rotatable bonds is 4. The molecule has 0 saturated heterocycles. The molecular formula is C17H26N2. The predicted octanol–water partition coefficient (Wildman–Crippen LogP) is 3.31. The summed E-state index contributed by atoms with van der Waals surface area (Å²) in [6.45, 7) is 5.64. The van der Waals surface area contributed by atoms with Crippen molar-refractivity contribution in [1.82, 2.24) is 10.2 Å². The van der Waals surface area contributed by atoms with E-state index in [0.29, 0.717) is 18.0 Å². The van der Waals surface area contributed by atoms with Crippen LogP contribution in [0.1, 0.15) is 56.2 Å². The molecule has 1 fully saturated rings. The van der Waals surface area contributed by atoms with Gasteiger partial charge >= 0.3 is 0 Å². The molecule has 0 aliphatic heterocycles. The van der Waals surface area contributed by atoms with Crippen LogP contribution in [-0.4, -0.2) is 30.6 Å². The molecule has 19 heavy (non-hydrogen) atoms. The van der Waals surface area contributed by atoms with E-state index in [1.54, 1.807) is 5.56 Å². The Hall–Kier alpha value is -0.860. The van der Waals surface area contributed by atoms with Crippen LogP contribution in [0.3, 0.4) is 0 Å².